The van der Waals surface area contributed by atoms with E-state index in [1.165, 1.54) is 12.8 Å². The molecule has 3 unspecified atom stereocenters. The van der Waals surface area contributed by atoms with E-state index in [1.54, 1.807) is 0 Å². The molecule has 24 heavy (non-hydrogen) atoms. The van der Waals surface area contributed by atoms with Gasteiger partial charge in [0.2, 0.25) is 0 Å². The first-order chi connectivity index (χ1) is 11.5. The highest BCUT2D eigenvalue weighted by atomic mass is 35.5. The molecular formula is C19H26ClNO3. The molecule has 2 fully saturated rings. The Morgan fingerprint density at radius 3 is 2.79 bits per heavy atom. The molecule has 1 aromatic rings. The van der Waals surface area contributed by atoms with E-state index >= 15 is 0 Å². The van der Waals surface area contributed by atoms with Gasteiger partial charge in [0, 0.05) is 12.6 Å². The molecule has 4 nitrogen and oxygen atoms in total. The maximum atomic E-state index is 11.7. The van der Waals surface area contributed by atoms with Crippen molar-refractivity contribution in [2.75, 3.05) is 0 Å². The van der Waals surface area contributed by atoms with Gasteiger partial charge in [-0.05, 0) is 56.7 Å². The largest absolute Gasteiger partial charge is 0.489 e. The number of ether oxygens (including phenoxy) is 1. The normalized spacial score (nSPS) is 27.2. The summed E-state index contributed by atoms with van der Waals surface area (Å²) in [6.45, 7) is 4.57. The van der Waals surface area contributed by atoms with Gasteiger partial charge in [-0.2, -0.15) is 0 Å². The number of likely N-dealkylation sites (tertiary alicyclic amines) is 1. The average Bonchev–Trinajstić information content (AvgIpc) is 2.89. The van der Waals surface area contributed by atoms with E-state index in [4.69, 9.17) is 16.3 Å². The van der Waals surface area contributed by atoms with Gasteiger partial charge in [0.1, 0.15) is 11.8 Å². The second-order valence-electron chi connectivity index (χ2n) is 7.31. The van der Waals surface area contributed by atoms with E-state index in [0.717, 1.165) is 24.8 Å². The lowest BCUT2D eigenvalue weighted by Crippen LogP contribution is -2.41. The Balaban J connectivity index is 1.77. The fourth-order valence-electron chi connectivity index (χ4n) is 4.23. The van der Waals surface area contributed by atoms with Crippen LogP contribution in [0.4, 0.5) is 0 Å². The van der Waals surface area contributed by atoms with E-state index in [9.17, 15) is 9.90 Å². The second-order valence-corrected chi connectivity index (χ2v) is 7.71. The molecule has 0 amide bonds. The van der Waals surface area contributed by atoms with Crippen LogP contribution in [0.5, 0.6) is 5.75 Å². The standard InChI is InChI=1S/C19H26ClNO3/c1-12(2)24-18-8-7-13(9-15(18)20)11-21-16-6-4-3-5-14(16)10-17(21)19(22)23/h7-9,12,14,16-17H,3-6,10-11H2,1-2H3,(H,22,23). The average molecular weight is 352 g/mol. The molecule has 5 heteroatoms. The Morgan fingerprint density at radius 1 is 1.38 bits per heavy atom. The number of rotatable bonds is 5. The number of hydrogen-bond donors (Lipinski definition) is 1. The molecule has 3 rings (SSSR count). The zero-order valence-corrected chi connectivity index (χ0v) is 15.1. The zero-order chi connectivity index (χ0) is 17.3. The molecule has 1 heterocycles. The fourth-order valence-corrected chi connectivity index (χ4v) is 4.47. The van der Waals surface area contributed by atoms with Crippen LogP contribution in [0.2, 0.25) is 5.02 Å². The smallest absolute Gasteiger partial charge is 0.320 e. The number of carboxylic acids is 1. The van der Waals surface area contributed by atoms with E-state index in [1.807, 2.05) is 32.0 Å². The molecule has 2 aliphatic rings. The first-order valence-corrected chi connectivity index (χ1v) is 9.27. The van der Waals surface area contributed by atoms with Gasteiger partial charge < -0.3 is 9.84 Å². The van der Waals surface area contributed by atoms with E-state index in [-0.39, 0.29) is 12.1 Å². The molecule has 3 atom stereocenters. The third-order valence-electron chi connectivity index (χ3n) is 5.23. The SMILES string of the molecule is CC(C)Oc1ccc(CN2C(C(=O)O)CC3CCCCC32)cc1Cl. The molecule has 1 aliphatic heterocycles. The molecular weight excluding hydrogens is 326 g/mol. The van der Waals surface area contributed by atoms with Crippen LogP contribution in [0.3, 0.4) is 0 Å². The van der Waals surface area contributed by atoms with Crippen molar-refractivity contribution in [3.63, 3.8) is 0 Å². The van der Waals surface area contributed by atoms with Gasteiger partial charge in [-0.15, -0.1) is 0 Å². The Labute approximate surface area is 148 Å². The number of benzene rings is 1. The van der Waals surface area contributed by atoms with Crippen molar-refractivity contribution in [1.29, 1.82) is 0 Å². The lowest BCUT2D eigenvalue weighted by molar-refractivity contribution is -0.142. The third kappa shape index (κ3) is 3.70. The van der Waals surface area contributed by atoms with Crippen molar-refractivity contribution in [1.82, 2.24) is 4.90 Å². The molecule has 0 aromatic heterocycles. The molecule has 132 valence electrons. The van der Waals surface area contributed by atoms with Crippen LogP contribution in [-0.2, 0) is 11.3 Å². The van der Waals surface area contributed by atoms with Crippen molar-refractivity contribution in [2.45, 2.75) is 70.7 Å². The number of aliphatic carboxylic acids is 1. The maximum Gasteiger partial charge on any atom is 0.320 e. The quantitative estimate of drug-likeness (QED) is 0.857. The van der Waals surface area contributed by atoms with Crippen LogP contribution in [0.15, 0.2) is 18.2 Å². The van der Waals surface area contributed by atoms with E-state index in [2.05, 4.69) is 4.90 Å². The highest BCUT2D eigenvalue weighted by molar-refractivity contribution is 6.32. The van der Waals surface area contributed by atoms with Crippen molar-refractivity contribution in [3.05, 3.63) is 28.8 Å². The Kier molecular flexibility index (Phi) is 5.36. The van der Waals surface area contributed by atoms with Gasteiger partial charge in [-0.1, -0.05) is 30.5 Å². The summed E-state index contributed by atoms with van der Waals surface area (Å²) in [6.07, 6.45) is 5.55. The number of fused-ring (bicyclic) bond motifs is 1. The summed E-state index contributed by atoms with van der Waals surface area (Å²) in [4.78, 5) is 13.9. The Morgan fingerprint density at radius 2 is 2.12 bits per heavy atom. The summed E-state index contributed by atoms with van der Waals surface area (Å²) in [5.74, 6) is 0.510. The first-order valence-electron chi connectivity index (χ1n) is 8.89. The van der Waals surface area contributed by atoms with Crippen molar-refractivity contribution in [2.24, 2.45) is 5.92 Å². The van der Waals surface area contributed by atoms with Gasteiger partial charge in [0.15, 0.2) is 0 Å². The maximum absolute atomic E-state index is 11.7. The lowest BCUT2D eigenvalue weighted by Gasteiger charge is -2.33. The molecule has 0 radical (unpaired) electrons. The molecule has 1 saturated heterocycles. The summed E-state index contributed by atoms with van der Waals surface area (Å²) < 4.78 is 5.68. The summed E-state index contributed by atoms with van der Waals surface area (Å²) in [5.41, 5.74) is 1.05. The molecule has 1 aliphatic carbocycles. The molecule has 1 saturated carbocycles. The Bertz CT molecular complexity index is 604. The molecule has 1 N–H and O–H groups in total. The third-order valence-corrected chi connectivity index (χ3v) is 5.53. The summed E-state index contributed by atoms with van der Waals surface area (Å²) in [5, 5.41) is 10.2. The van der Waals surface area contributed by atoms with Crippen LogP contribution >= 0.6 is 11.6 Å². The number of carboxylic acid groups (broad SMARTS) is 1. The van der Waals surface area contributed by atoms with Gasteiger partial charge in [0.05, 0.1) is 11.1 Å². The zero-order valence-electron chi connectivity index (χ0n) is 14.4. The lowest BCUT2D eigenvalue weighted by atomic mass is 9.84. The summed E-state index contributed by atoms with van der Waals surface area (Å²) in [6, 6.07) is 5.82. The topological polar surface area (TPSA) is 49.8 Å². The van der Waals surface area contributed by atoms with Crippen molar-refractivity contribution < 1.29 is 14.6 Å². The van der Waals surface area contributed by atoms with Crippen LogP contribution in [0.1, 0.15) is 51.5 Å². The number of carbonyl (C=O) groups is 1. The monoisotopic (exact) mass is 351 g/mol. The van der Waals surface area contributed by atoms with Crippen LogP contribution in [-0.4, -0.2) is 34.2 Å². The molecule has 1 aromatic carbocycles. The predicted molar refractivity (Wildman–Crippen MR) is 94.5 cm³/mol. The summed E-state index contributed by atoms with van der Waals surface area (Å²) in [7, 11) is 0. The van der Waals surface area contributed by atoms with Gasteiger partial charge >= 0.3 is 5.97 Å². The highest BCUT2D eigenvalue weighted by Crippen LogP contribution is 2.41. The van der Waals surface area contributed by atoms with Crippen molar-refractivity contribution in [3.8, 4) is 5.75 Å². The predicted octanol–water partition coefficient (Wildman–Crippen LogP) is 4.34. The van der Waals surface area contributed by atoms with Gasteiger partial charge in [-0.3, -0.25) is 9.69 Å². The Hall–Kier alpha value is -1.26. The highest BCUT2D eigenvalue weighted by Gasteiger charge is 2.44. The second kappa shape index (κ2) is 7.32. The van der Waals surface area contributed by atoms with E-state index in [0.29, 0.717) is 29.3 Å². The van der Waals surface area contributed by atoms with E-state index < -0.39 is 5.97 Å². The minimum Gasteiger partial charge on any atom is -0.489 e. The minimum absolute atomic E-state index is 0.0753. The van der Waals surface area contributed by atoms with Crippen LogP contribution in [0.25, 0.3) is 0 Å². The van der Waals surface area contributed by atoms with Crippen LogP contribution < -0.4 is 4.74 Å². The fraction of sp³-hybridized carbons (Fsp3) is 0.632. The first kappa shape index (κ1) is 17.6. The van der Waals surface area contributed by atoms with Crippen molar-refractivity contribution >= 4 is 17.6 Å². The number of halogens is 1. The number of nitrogens with zero attached hydrogens (tertiary/aromatic N) is 1. The van der Waals surface area contributed by atoms with Crippen LogP contribution in [0, 0.1) is 5.92 Å². The number of hydrogen-bond acceptors (Lipinski definition) is 3. The van der Waals surface area contributed by atoms with Gasteiger partial charge in [0.25, 0.3) is 0 Å². The van der Waals surface area contributed by atoms with Gasteiger partial charge in [-0.25, -0.2) is 0 Å². The summed E-state index contributed by atoms with van der Waals surface area (Å²) >= 11 is 6.34. The minimum atomic E-state index is -0.699. The molecule has 0 bridgehead atoms. The molecule has 0 spiro atoms.